The Balaban J connectivity index is 1.98. The maximum absolute atomic E-state index is 11.4. The lowest BCUT2D eigenvalue weighted by Gasteiger charge is -2.11. The molecule has 0 spiro atoms. The number of benzene rings is 1. The predicted octanol–water partition coefficient (Wildman–Crippen LogP) is 2.45. The van der Waals surface area contributed by atoms with Gasteiger partial charge >= 0.3 is 0 Å². The van der Waals surface area contributed by atoms with Crippen LogP contribution in [0.3, 0.4) is 0 Å². The first kappa shape index (κ1) is 11.1. The third kappa shape index (κ3) is 2.61. The minimum atomic E-state index is 0.160. The summed E-state index contributed by atoms with van der Waals surface area (Å²) in [5.74, 6) is 0.971. The number of ketones is 1. The van der Waals surface area contributed by atoms with Gasteiger partial charge in [0.25, 0.3) is 0 Å². The lowest BCUT2D eigenvalue weighted by atomic mass is 10.1. The molecule has 1 heterocycles. The zero-order valence-corrected chi connectivity index (χ0v) is 9.44. The van der Waals surface area contributed by atoms with Crippen LogP contribution in [-0.2, 0) is 4.74 Å². The summed E-state index contributed by atoms with van der Waals surface area (Å²) < 4.78 is 10.9. The zero-order chi connectivity index (χ0) is 11.4. The molecule has 1 aliphatic rings. The molecule has 0 aliphatic carbocycles. The lowest BCUT2D eigenvalue weighted by molar-refractivity contribution is 0.0988. The monoisotopic (exact) mass is 220 g/mol. The summed E-state index contributed by atoms with van der Waals surface area (Å²) in [6, 6.07) is 7.33. The van der Waals surface area contributed by atoms with E-state index in [1.807, 2.05) is 31.2 Å². The summed E-state index contributed by atoms with van der Waals surface area (Å²) in [5.41, 5.74) is 0.748. The van der Waals surface area contributed by atoms with Crippen LogP contribution < -0.4 is 4.74 Å². The Labute approximate surface area is 95.4 Å². The van der Waals surface area contributed by atoms with Gasteiger partial charge in [-0.15, -0.1) is 0 Å². The molecule has 2 rings (SSSR count). The average molecular weight is 220 g/mol. The SMILES string of the molecule is CCC(=O)c1ccc(OC2CCOC2)cc1. The minimum absolute atomic E-state index is 0.160. The number of hydrogen-bond acceptors (Lipinski definition) is 3. The van der Waals surface area contributed by atoms with Gasteiger partial charge in [-0.1, -0.05) is 6.92 Å². The maximum Gasteiger partial charge on any atom is 0.162 e. The van der Waals surface area contributed by atoms with Gasteiger partial charge in [0.15, 0.2) is 5.78 Å². The van der Waals surface area contributed by atoms with E-state index in [4.69, 9.17) is 9.47 Å². The molecule has 16 heavy (non-hydrogen) atoms. The van der Waals surface area contributed by atoms with Gasteiger partial charge < -0.3 is 9.47 Å². The van der Waals surface area contributed by atoms with E-state index in [1.165, 1.54) is 0 Å². The van der Waals surface area contributed by atoms with Crippen molar-refractivity contribution in [2.75, 3.05) is 13.2 Å². The van der Waals surface area contributed by atoms with Crippen molar-refractivity contribution in [1.29, 1.82) is 0 Å². The Bertz CT molecular complexity index is 350. The normalized spacial score (nSPS) is 19.7. The van der Waals surface area contributed by atoms with Crippen LogP contribution >= 0.6 is 0 Å². The van der Waals surface area contributed by atoms with E-state index in [1.54, 1.807) is 0 Å². The molecule has 0 saturated carbocycles. The first-order valence-corrected chi connectivity index (χ1v) is 5.67. The predicted molar refractivity (Wildman–Crippen MR) is 60.9 cm³/mol. The molecule has 0 bridgehead atoms. The molecule has 1 aromatic rings. The van der Waals surface area contributed by atoms with E-state index in [2.05, 4.69) is 0 Å². The molecular formula is C13H16O3. The summed E-state index contributed by atoms with van der Waals surface area (Å²) in [6.45, 7) is 3.30. The van der Waals surface area contributed by atoms with Crippen LogP contribution in [0.1, 0.15) is 30.1 Å². The highest BCUT2D eigenvalue weighted by Crippen LogP contribution is 2.18. The second-order valence-corrected chi connectivity index (χ2v) is 3.90. The van der Waals surface area contributed by atoms with E-state index in [-0.39, 0.29) is 11.9 Å². The quantitative estimate of drug-likeness (QED) is 0.731. The third-order valence-corrected chi connectivity index (χ3v) is 2.69. The van der Waals surface area contributed by atoms with E-state index < -0.39 is 0 Å². The molecule has 3 nitrogen and oxygen atoms in total. The molecule has 0 aromatic heterocycles. The summed E-state index contributed by atoms with van der Waals surface area (Å²) >= 11 is 0. The van der Waals surface area contributed by atoms with Crippen LogP contribution in [0, 0.1) is 0 Å². The van der Waals surface area contributed by atoms with Gasteiger partial charge in [0, 0.05) is 18.4 Å². The fourth-order valence-corrected chi connectivity index (χ4v) is 1.72. The van der Waals surface area contributed by atoms with E-state index in [9.17, 15) is 4.79 Å². The number of hydrogen-bond donors (Lipinski definition) is 0. The van der Waals surface area contributed by atoms with Crippen molar-refractivity contribution in [3.8, 4) is 5.75 Å². The second kappa shape index (κ2) is 5.12. The van der Waals surface area contributed by atoms with Gasteiger partial charge in [0.05, 0.1) is 13.2 Å². The highest BCUT2D eigenvalue weighted by atomic mass is 16.5. The van der Waals surface area contributed by atoms with Crippen LogP contribution in [0.5, 0.6) is 5.75 Å². The molecule has 1 atom stereocenters. The molecule has 1 unspecified atom stereocenters. The van der Waals surface area contributed by atoms with Gasteiger partial charge in [-0.3, -0.25) is 4.79 Å². The zero-order valence-electron chi connectivity index (χ0n) is 9.44. The van der Waals surface area contributed by atoms with Crippen LogP contribution in [0.2, 0.25) is 0 Å². The molecular weight excluding hydrogens is 204 g/mol. The average Bonchev–Trinajstić information content (AvgIpc) is 2.82. The third-order valence-electron chi connectivity index (χ3n) is 2.69. The standard InChI is InChI=1S/C13H16O3/c1-2-13(14)10-3-5-11(6-4-10)16-12-7-8-15-9-12/h3-6,12H,2,7-9H2,1H3. The molecule has 1 aromatic carbocycles. The van der Waals surface area contributed by atoms with Crippen LogP contribution in [0.4, 0.5) is 0 Å². The van der Waals surface area contributed by atoms with Gasteiger partial charge in [-0.2, -0.15) is 0 Å². The molecule has 3 heteroatoms. The van der Waals surface area contributed by atoms with E-state index in [0.717, 1.165) is 24.3 Å². The van der Waals surface area contributed by atoms with Crippen molar-refractivity contribution in [1.82, 2.24) is 0 Å². The molecule has 1 fully saturated rings. The lowest BCUT2D eigenvalue weighted by Crippen LogP contribution is -2.15. The fourth-order valence-electron chi connectivity index (χ4n) is 1.72. The number of rotatable bonds is 4. The molecule has 1 saturated heterocycles. The van der Waals surface area contributed by atoms with Gasteiger partial charge in [0.1, 0.15) is 11.9 Å². The number of carbonyl (C=O) groups excluding carboxylic acids is 1. The summed E-state index contributed by atoms with van der Waals surface area (Å²) in [5, 5.41) is 0. The highest BCUT2D eigenvalue weighted by molar-refractivity contribution is 5.95. The van der Waals surface area contributed by atoms with Gasteiger partial charge in [-0.25, -0.2) is 0 Å². The second-order valence-electron chi connectivity index (χ2n) is 3.90. The molecule has 86 valence electrons. The summed E-state index contributed by atoms with van der Waals surface area (Å²) in [4.78, 5) is 11.4. The van der Waals surface area contributed by atoms with Gasteiger partial charge in [-0.05, 0) is 24.3 Å². The van der Waals surface area contributed by atoms with Crippen molar-refractivity contribution in [2.24, 2.45) is 0 Å². The Morgan fingerprint density at radius 3 is 2.75 bits per heavy atom. The topological polar surface area (TPSA) is 35.5 Å². The largest absolute Gasteiger partial charge is 0.488 e. The summed E-state index contributed by atoms with van der Waals surface area (Å²) in [7, 11) is 0. The number of ether oxygens (including phenoxy) is 2. The van der Waals surface area contributed by atoms with Gasteiger partial charge in [0.2, 0.25) is 0 Å². The van der Waals surface area contributed by atoms with Crippen molar-refractivity contribution < 1.29 is 14.3 Å². The first-order valence-electron chi connectivity index (χ1n) is 5.67. The number of Topliss-reactive ketones (excluding diaryl/α,β-unsaturated/α-hetero) is 1. The fraction of sp³-hybridized carbons (Fsp3) is 0.462. The van der Waals surface area contributed by atoms with Crippen LogP contribution in [0.15, 0.2) is 24.3 Å². The van der Waals surface area contributed by atoms with Crippen molar-refractivity contribution in [2.45, 2.75) is 25.9 Å². The van der Waals surface area contributed by atoms with E-state index in [0.29, 0.717) is 13.0 Å². The Morgan fingerprint density at radius 1 is 1.44 bits per heavy atom. The van der Waals surface area contributed by atoms with Crippen molar-refractivity contribution in [3.63, 3.8) is 0 Å². The molecule has 1 aliphatic heterocycles. The summed E-state index contributed by atoms with van der Waals surface area (Å²) in [6.07, 6.45) is 1.64. The maximum atomic E-state index is 11.4. The Kier molecular flexibility index (Phi) is 3.57. The smallest absolute Gasteiger partial charge is 0.162 e. The van der Waals surface area contributed by atoms with Crippen LogP contribution in [0.25, 0.3) is 0 Å². The highest BCUT2D eigenvalue weighted by Gasteiger charge is 2.17. The van der Waals surface area contributed by atoms with E-state index >= 15 is 0 Å². The van der Waals surface area contributed by atoms with Crippen molar-refractivity contribution in [3.05, 3.63) is 29.8 Å². The van der Waals surface area contributed by atoms with Crippen LogP contribution in [-0.4, -0.2) is 25.1 Å². The molecule has 0 amide bonds. The Hall–Kier alpha value is -1.35. The molecule has 0 radical (unpaired) electrons. The Morgan fingerprint density at radius 2 is 2.19 bits per heavy atom. The number of carbonyl (C=O) groups is 1. The van der Waals surface area contributed by atoms with Crippen molar-refractivity contribution >= 4 is 5.78 Å². The minimum Gasteiger partial charge on any atom is -0.488 e. The first-order chi connectivity index (χ1) is 7.79. The molecule has 0 N–H and O–H groups in total.